The highest BCUT2D eigenvalue weighted by molar-refractivity contribution is 7.13. The van der Waals surface area contributed by atoms with E-state index in [2.05, 4.69) is 4.98 Å². The van der Waals surface area contributed by atoms with Crippen molar-refractivity contribution in [1.29, 1.82) is 0 Å². The molecule has 13 heavy (non-hydrogen) atoms. The van der Waals surface area contributed by atoms with Gasteiger partial charge in [0.2, 0.25) is 0 Å². The van der Waals surface area contributed by atoms with Crippen LogP contribution in [0.4, 0.5) is 4.39 Å². The highest BCUT2D eigenvalue weighted by atomic mass is 32.1. The third kappa shape index (κ3) is 1.40. The number of aromatic amines is 1. The van der Waals surface area contributed by atoms with Crippen LogP contribution in [0, 0.1) is 5.82 Å². The number of hydrogen-bond acceptors (Lipinski definition) is 2. The van der Waals surface area contributed by atoms with E-state index in [4.69, 9.17) is 0 Å². The lowest BCUT2D eigenvalue weighted by atomic mass is 10.2. The quantitative estimate of drug-likeness (QED) is 0.743. The number of rotatable bonds is 1. The Balaban J connectivity index is 2.66. The van der Waals surface area contributed by atoms with E-state index in [0.717, 1.165) is 4.88 Å². The molecule has 2 nitrogen and oxygen atoms in total. The third-order valence-corrected chi connectivity index (χ3v) is 2.59. The fourth-order valence-electron chi connectivity index (χ4n) is 1.08. The average molecular weight is 195 g/mol. The smallest absolute Gasteiger partial charge is 0.284 e. The van der Waals surface area contributed by atoms with Crippen molar-refractivity contribution < 1.29 is 4.39 Å². The number of hydrogen-bond donors (Lipinski definition) is 1. The number of H-pyrrole nitrogens is 1. The number of pyridine rings is 1. The fraction of sp³-hybridized carbons (Fsp3) is 0. The molecule has 0 spiro atoms. The Morgan fingerprint density at radius 3 is 2.92 bits per heavy atom. The van der Waals surface area contributed by atoms with E-state index in [1.54, 1.807) is 12.1 Å². The molecule has 0 saturated carbocycles. The first kappa shape index (κ1) is 8.19. The fourth-order valence-corrected chi connectivity index (χ4v) is 1.83. The highest BCUT2D eigenvalue weighted by Gasteiger charge is 2.07. The average Bonchev–Trinajstić information content (AvgIpc) is 2.62. The summed E-state index contributed by atoms with van der Waals surface area (Å²) >= 11 is 1.41. The van der Waals surface area contributed by atoms with Crippen molar-refractivity contribution in [3.05, 3.63) is 45.9 Å². The molecule has 4 heteroatoms. The van der Waals surface area contributed by atoms with Gasteiger partial charge in [0.15, 0.2) is 5.82 Å². The Hall–Kier alpha value is -1.42. The molecular weight excluding hydrogens is 189 g/mol. The third-order valence-electron chi connectivity index (χ3n) is 1.69. The zero-order chi connectivity index (χ0) is 9.26. The van der Waals surface area contributed by atoms with Gasteiger partial charge in [0, 0.05) is 16.6 Å². The standard InChI is InChI=1S/C9H6FNOS/c10-8-6(3-4-11-9(8)12)7-2-1-5-13-7/h1-5H,(H,11,12). The molecule has 2 heterocycles. The Morgan fingerprint density at radius 2 is 2.23 bits per heavy atom. The summed E-state index contributed by atoms with van der Waals surface area (Å²) in [7, 11) is 0. The van der Waals surface area contributed by atoms with E-state index in [-0.39, 0.29) is 0 Å². The van der Waals surface area contributed by atoms with Crippen molar-refractivity contribution >= 4 is 11.3 Å². The molecular formula is C9H6FNOS. The molecule has 2 aromatic rings. The molecule has 66 valence electrons. The van der Waals surface area contributed by atoms with Crippen LogP contribution in [0.3, 0.4) is 0 Å². The molecule has 0 radical (unpaired) electrons. The molecule has 1 N–H and O–H groups in total. The monoisotopic (exact) mass is 195 g/mol. The molecule has 0 aliphatic rings. The van der Waals surface area contributed by atoms with E-state index < -0.39 is 11.4 Å². The van der Waals surface area contributed by atoms with Gasteiger partial charge >= 0.3 is 0 Å². The molecule has 0 aliphatic carbocycles. The molecule has 2 rings (SSSR count). The maximum atomic E-state index is 13.2. The van der Waals surface area contributed by atoms with Crippen LogP contribution in [0.1, 0.15) is 0 Å². The molecule has 0 saturated heterocycles. The number of nitrogens with one attached hydrogen (secondary N) is 1. The Morgan fingerprint density at radius 1 is 1.38 bits per heavy atom. The maximum absolute atomic E-state index is 13.2. The van der Waals surface area contributed by atoms with Crippen LogP contribution in [-0.2, 0) is 0 Å². The van der Waals surface area contributed by atoms with Crippen LogP contribution in [0.25, 0.3) is 10.4 Å². The van der Waals surface area contributed by atoms with Crippen molar-refractivity contribution in [3.8, 4) is 10.4 Å². The summed E-state index contributed by atoms with van der Waals surface area (Å²) in [5, 5.41) is 1.84. The number of thiophene rings is 1. The number of aromatic nitrogens is 1. The van der Waals surface area contributed by atoms with E-state index in [9.17, 15) is 9.18 Å². The van der Waals surface area contributed by atoms with Gasteiger partial charge in [-0.25, -0.2) is 4.39 Å². The Bertz CT molecular complexity index is 461. The first-order valence-corrected chi connectivity index (χ1v) is 4.58. The number of halogens is 1. The topological polar surface area (TPSA) is 32.9 Å². The SMILES string of the molecule is O=c1[nH]ccc(-c2cccs2)c1F. The molecule has 0 bridgehead atoms. The van der Waals surface area contributed by atoms with Crippen LogP contribution in [0.15, 0.2) is 34.6 Å². The van der Waals surface area contributed by atoms with E-state index in [1.807, 2.05) is 11.4 Å². The van der Waals surface area contributed by atoms with Crippen molar-refractivity contribution in [3.63, 3.8) is 0 Å². The minimum Gasteiger partial charge on any atom is -0.327 e. The zero-order valence-corrected chi connectivity index (χ0v) is 7.40. The van der Waals surface area contributed by atoms with Gasteiger partial charge in [0.05, 0.1) is 0 Å². The predicted molar refractivity (Wildman–Crippen MR) is 50.3 cm³/mol. The lowest BCUT2D eigenvalue weighted by molar-refractivity contribution is 0.612. The summed E-state index contributed by atoms with van der Waals surface area (Å²) in [5.41, 5.74) is -0.315. The van der Waals surface area contributed by atoms with Gasteiger partial charge in [0.25, 0.3) is 5.56 Å². The van der Waals surface area contributed by atoms with Crippen molar-refractivity contribution in [1.82, 2.24) is 4.98 Å². The Labute approximate surface area is 77.7 Å². The molecule has 0 aromatic carbocycles. The summed E-state index contributed by atoms with van der Waals surface area (Å²) in [5.74, 6) is -0.718. The van der Waals surface area contributed by atoms with Gasteiger partial charge in [-0.3, -0.25) is 4.79 Å². The summed E-state index contributed by atoms with van der Waals surface area (Å²) in [6.45, 7) is 0. The normalized spacial score (nSPS) is 10.2. The van der Waals surface area contributed by atoms with Gasteiger partial charge in [-0.05, 0) is 17.5 Å². The van der Waals surface area contributed by atoms with Gasteiger partial charge in [-0.1, -0.05) is 6.07 Å². The second-order valence-corrected chi connectivity index (χ2v) is 3.46. The van der Waals surface area contributed by atoms with E-state index in [1.165, 1.54) is 17.5 Å². The summed E-state index contributed by atoms with van der Waals surface area (Å²) in [6, 6.07) is 5.16. The van der Waals surface area contributed by atoms with Crippen LogP contribution < -0.4 is 5.56 Å². The first-order valence-electron chi connectivity index (χ1n) is 3.70. The first-order chi connectivity index (χ1) is 6.29. The lowest BCUT2D eigenvalue weighted by Gasteiger charge is -1.96. The maximum Gasteiger partial charge on any atom is 0.284 e. The van der Waals surface area contributed by atoms with Crippen LogP contribution in [-0.4, -0.2) is 4.98 Å². The van der Waals surface area contributed by atoms with Gasteiger partial charge in [-0.2, -0.15) is 0 Å². The molecule has 0 fully saturated rings. The Kier molecular flexibility index (Phi) is 1.98. The summed E-state index contributed by atoms with van der Waals surface area (Å²) in [4.78, 5) is 14.0. The van der Waals surface area contributed by atoms with Crippen LogP contribution in [0.2, 0.25) is 0 Å². The van der Waals surface area contributed by atoms with E-state index in [0.29, 0.717) is 5.56 Å². The molecule has 0 atom stereocenters. The zero-order valence-electron chi connectivity index (χ0n) is 6.58. The second kappa shape index (κ2) is 3.14. The molecule has 2 aromatic heterocycles. The summed E-state index contributed by atoms with van der Waals surface area (Å²) < 4.78 is 13.2. The summed E-state index contributed by atoms with van der Waals surface area (Å²) in [6.07, 6.45) is 1.44. The largest absolute Gasteiger partial charge is 0.327 e. The van der Waals surface area contributed by atoms with Gasteiger partial charge in [-0.15, -0.1) is 11.3 Å². The molecule has 0 aliphatic heterocycles. The van der Waals surface area contributed by atoms with Crippen molar-refractivity contribution in [2.75, 3.05) is 0 Å². The second-order valence-electron chi connectivity index (χ2n) is 2.51. The van der Waals surface area contributed by atoms with E-state index >= 15 is 0 Å². The van der Waals surface area contributed by atoms with Crippen molar-refractivity contribution in [2.45, 2.75) is 0 Å². The minimum atomic E-state index is -0.718. The van der Waals surface area contributed by atoms with Crippen molar-refractivity contribution in [2.24, 2.45) is 0 Å². The molecule has 0 amide bonds. The van der Waals surface area contributed by atoms with Gasteiger partial charge in [0.1, 0.15) is 0 Å². The highest BCUT2D eigenvalue weighted by Crippen LogP contribution is 2.24. The molecule has 0 unspecified atom stereocenters. The minimum absolute atomic E-state index is 0.360. The van der Waals surface area contributed by atoms with Crippen LogP contribution in [0.5, 0.6) is 0 Å². The van der Waals surface area contributed by atoms with Gasteiger partial charge < -0.3 is 4.98 Å². The lowest BCUT2D eigenvalue weighted by Crippen LogP contribution is -2.10. The predicted octanol–water partition coefficient (Wildman–Crippen LogP) is 2.24. The van der Waals surface area contributed by atoms with Crippen LogP contribution >= 0.6 is 11.3 Å².